The van der Waals surface area contributed by atoms with Gasteiger partial charge in [-0.15, -0.1) is 0 Å². The van der Waals surface area contributed by atoms with E-state index in [9.17, 15) is 19.2 Å². The van der Waals surface area contributed by atoms with Gasteiger partial charge in [0.15, 0.2) is 11.5 Å². The lowest BCUT2D eigenvalue weighted by molar-refractivity contribution is -0.127. The van der Waals surface area contributed by atoms with Crippen molar-refractivity contribution in [3.8, 4) is 11.5 Å². The Kier molecular flexibility index (Phi) is 11.7. The van der Waals surface area contributed by atoms with Crippen LogP contribution >= 0.6 is 39.3 Å². The molecule has 0 saturated carbocycles. The summed E-state index contributed by atoms with van der Waals surface area (Å²) in [5.74, 6) is -0.891. The Hall–Kier alpha value is -3.28. The zero-order chi connectivity index (χ0) is 29.2. The number of ether oxygens (including phenoxy) is 3. The Morgan fingerprint density at radius 1 is 1.18 bits per heavy atom. The Morgan fingerprint density at radius 3 is 2.65 bits per heavy atom. The molecule has 1 heterocycles. The number of halogens is 2. The Labute approximate surface area is 250 Å². The predicted molar refractivity (Wildman–Crippen MR) is 159 cm³/mol. The van der Waals surface area contributed by atoms with Gasteiger partial charge < -0.3 is 19.5 Å². The van der Waals surface area contributed by atoms with Crippen molar-refractivity contribution >= 4 is 74.1 Å². The molecule has 1 aliphatic rings. The highest BCUT2D eigenvalue weighted by atomic mass is 79.9. The van der Waals surface area contributed by atoms with Crippen molar-refractivity contribution in [2.24, 2.45) is 0 Å². The monoisotopic (exact) mass is 650 g/mol. The normalized spacial score (nSPS) is 13.9. The van der Waals surface area contributed by atoms with E-state index in [2.05, 4.69) is 27.8 Å². The van der Waals surface area contributed by atoms with Gasteiger partial charge >= 0.3 is 5.97 Å². The van der Waals surface area contributed by atoms with Gasteiger partial charge in [0, 0.05) is 5.69 Å². The molecule has 12 heteroatoms. The first-order chi connectivity index (χ1) is 19.2. The Morgan fingerprint density at radius 2 is 1.95 bits per heavy atom. The number of hydrogen-bond acceptors (Lipinski definition) is 8. The highest BCUT2D eigenvalue weighted by Gasteiger charge is 2.36. The molecule has 3 rings (SSSR count). The van der Waals surface area contributed by atoms with Crippen LogP contribution < -0.4 is 14.8 Å². The summed E-state index contributed by atoms with van der Waals surface area (Å²) < 4.78 is 17.1. The van der Waals surface area contributed by atoms with Crippen molar-refractivity contribution in [2.75, 3.05) is 31.7 Å². The van der Waals surface area contributed by atoms with Crippen LogP contribution in [0.3, 0.4) is 0 Å². The summed E-state index contributed by atoms with van der Waals surface area (Å²) in [4.78, 5) is 51.6. The largest absolute Gasteiger partial charge is 0.490 e. The number of benzene rings is 2. The van der Waals surface area contributed by atoms with Crippen molar-refractivity contribution in [1.29, 1.82) is 0 Å². The fourth-order valence-electron chi connectivity index (χ4n) is 3.49. The quantitative estimate of drug-likeness (QED) is 0.110. The second-order valence-corrected chi connectivity index (χ2v) is 10.6. The average molecular weight is 652 g/mol. The van der Waals surface area contributed by atoms with Gasteiger partial charge in [0.1, 0.15) is 13.2 Å². The van der Waals surface area contributed by atoms with E-state index in [1.807, 2.05) is 13.8 Å². The molecule has 0 unspecified atom stereocenters. The van der Waals surface area contributed by atoms with E-state index in [0.717, 1.165) is 23.1 Å². The molecule has 212 valence electrons. The molecule has 1 N–H and O–H groups in total. The van der Waals surface area contributed by atoms with Crippen molar-refractivity contribution in [3.63, 3.8) is 0 Å². The van der Waals surface area contributed by atoms with Crippen LogP contribution in [0, 0.1) is 0 Å². The Bertz CT molecular complexity index is 1350. The smallest absolute Gasteiger partial charge is 0.339 e. The second-order valence-electron chi connectivity index (χ2n) is 8.36. The zero-order valence-corrected chi connectivity index (χ0v) is 25.1. The summed E-state index contributed by atoms with van der Waals surface area (Å²) in [6.07, 6.45) is 4.73. The number of unbranched alkanes of at least 4 members (excludes halogenated alkanes) is 1. The summed E-state index contributed by atoms with van der Waals surface area (Å²) in [5, 5.41) is 2.18. The molecule has 0 bridgehead atoms. The SMILES string of the molecule is C=CCOc1c(Br)cc(/C=C2/SC(=O)N(CC(=O)Nc3ccc(Cl)c(C(=O)OCCCC)c3)C2=O)cc1OCC. The summed E-state index contributed by atoms with van der Waals surface area (Å²) >= 11 is 10.3. The molecule has 0 radical (unpaired) electrons. The van der Waals surface area contributed by atoms with Crippen molar-refractivity contribution in [3.05, 3.63) is 68.5 Å². The van der Waals surface area contributed by atoms with Crippen LogP contribution in [0.4, 0.5) is 10.5 Å². The maximum atomic E-state index is 13.0. The first-order valence-corrected chi connectivity index (χ1v) is 14.4. The van der Waals surface area contributed by atoms with E-state index in [1.165, 1.54) is 18.2 Å². The number of nitrogens with one attached hydrogen (secondary N) is 1. The number of imide groups is 1. The molecule has 9 nitrogen and oxygen atoms in total. The van der Waals surface area contributed by atoms with Crippen molar-refractivity contribution in [2.45, 2.75) is 26.7 Å². The number of nitrogens with zero attached hydrogens (tertiary/aromatic N) is 1. The van der Waals surface area contributed by atoms with Crippen LogP contribution in [0.5, 0.6) is 11.5 Å². The maximum absolute atomic E-state index is 13.0. The molecule has 40 heavy (non-hydrogen) atoms. The highest BCUT2D eigenvalue weighted by Crippen LogP contribution is 2.39. The minimum atomic E-state index is -0.624. The number of esters is 1. The van der Waals surface area contributed by atoms with Crippen LogP contribution in [-0.4, -0.2) is 54.3 Å². The lowest BCUT2D eigenvalue weighted by atomic mass is 10.1. The molecule has 3 amide bonds. The lowest BCUT2D eigenvalue weighted by Gasteiger charge is -2.14. The van der Waals surface area contributed by atoms with Crippen LogP contribution in [0.1, 0.15) is 42.6 Å². The van der Waals surface area contributed by atoms with Gasteiger partial charge in [0.25, 0.3) is 11.1 Å². The van der Waals surface area contributed by atoms with E-state index in [1.54, 1.807) is 24.3 Å². The van der Waals surface area contributed by atoms with E-state index >= 15 is 0 Å². The average Bonchev–Trinajstić information content (AvgIpc) is 3.16. The fraction of sp³-hybridized carbons (Fsp3) is 0.286. The molecule has 1 aliphatic heterocycles. The molecule has 1 fully saturated rings. The maximum Gasteiger partial charge on any atom is 0.339 e. The zero-order valence-electron chi connectivity index (χ0n) is 22.0. The summed E-state index contributed by atoms with van der Waals surface area (Å²) in [7, 11) is 0. The highest BCUT2D eigenvalue weighted by molar-refractivity contribution is 9.10. The van der Waals surface area contributed by atoms with Gasteiger partial charge in [-0.3, -0.25) is 19.3 Å². The predicted octanol–water partition coefficient (Wildman–Crippen LogP) is 6.70. The van der Waals surface area contributed by atoms with Gasteiger partial charge in [0.2, 0.25) is 5.91 Å². The third-order valence-electron chi connectivity index (χ3n) is 5.35. The fourth-order valence-corrected chi connectivity index (χ4v) is 5.10. The van der Waals surface area contributed by atoms with Crippen LogP contribution in [-0.2, 0) is 14.3 Å². The van der Waals surface area contributed by atoms with Gasteiger partial charge in [-0.1, -0.05) is 37.6 Å². The van der Waals surface area contributed by atoms with E-state index in [0.29, 0.717) is 34.6 Å². The summed E-state index contributed by atoms with van der Waals surface area (Å²) in [5.41, 5.74) is 0.963. The lowest BCUT2D eigenvalue weighted by Crippen LogP contribution is -2.36. The second kappa shape index (κ2) is 14.9. The third-order valence-corrected chi connectivity index (χ3v) is 7.18. The molecule has 1 saturated heterocycles. The number of anilines is 1. The number of carbonyl (C=O) groups excluding carboxylic acids is 4. The first-order valence-electron chi connectivity index (χ1n) is 12.4. The van der Waals surface area contributed by atoms with Gasteiger partial charge in [0.05, 0.1) is 33.2 Å². The molecule has 0 atom stereocenters. The molecule has 0 spiro atoms. The van der Waals surface area contributed by atoms with Crippen LogP contribution in [0.15, 0.2) is 52.4 Å². The van der Waals surface area contributed by atoms with Gasteiger partial charge in [-0.25, -0.2) is 4.79 Å². The van der Waals surface area contributed by atoms with Gasteiger partial charge in [-0.2, -0.15) is 0 Å². The first kappa shape index (κ1) is 31.3. The topological polar surface area (TPSA) is 111 Å². The Balaban J connectivity index is 1.72. The number of rotatable bonds is 13. The molecular formula is C28H28BrClN2O7S. The molecular weight excluding hydrogens is 624 g/mol. The van der Waals surface area contributed by atoms with E-state index in [4.69, 9.17) is 25.8 Å². The molecule has 2 aromatic carbocycles. The van der Waals surface area contributed by atoms with Crippen molar-refractivity contribution in [1.82, 2.24) is 4.90 Å². The number of amides is 3. The van der Waals surface area contributed by atoms with E-state index in [-0.39, 0.29) is 34.4 Å². The summed E-state index contributed by atoms with van der Waals surface area (Å²) in [6, 6.07) is 7.77. The molecule has 2 aromatic rings. The number of carbonyl (C=O) groups is 4. The molecule has 0 aromatic heterocycles. The summed E-state index contributed by atoms with van der Waals surface area (Å²) in [6.45, 7) is 7.86. The third kappa shape index (κ3) is 8.12. The van der Waals surface area contributed by atoms with Gasteiger partial charge in [-0.05, 0) is 83.0 Å². The minimum Gasteiger partial charge on any atom is -0.490 e. The van der Waals surface area contributed by atoms with Crippen LogP contribution in [0.2, 0.25) is 5.02 Å². The standard InChI is InChI=1S/C28H28BrClN2O7S/c1-4-7-11-39-27(35)19-15-18(8-9-21(19)30)31-24(33)16-32-26(34)23(40-28(32)36)14-17-12-20(29)25(38-10-5-2)22(13-17)37-6-3/h5,8-9,12-15H,2,4,6-7,10-11,16H2,1,3H3,(H,31,33)/b23-14+. The minimum absolute atomic E-state index is 0.100. The van der Waals surface area contributed by atoms with E-state index < -0.39 is 29.6 Å². The van der Waals surface area contributed by atoms with Crippen molar-refractivity contribution < 1.29 is 33.4 Å². The number of thioether (sulfide) groups is 1. The van der Waals surface area contributed by atoms with Crippen LogP contribution in [0.25, 0.3) is 6.08 Å². The molecule has 0 aliphatic carbocycles. The number of hydrogen-bond donors (Lipinski definition) is 1.